The van der Waals surface area contributed by atoms with Crippen molar-refractivity contribution in [1.29, 1.82) is 0 Å². The van der Waals surface area contributed by atoms with Gasteiger partial charge in [0, 0.05) is 11.8 Å². The number of Topliss-reactive ketones (excluding diaryl/α,β-unsaturated/α-hetero) is 1. The number of benzene rings is 3. The summed E-state index contributed by atoms with van der Waals surface area (Å²) in [6.45, 7) is 3.86. The second-order valence-electron chi connectivity index (χ2n) is 9.44. The molecule has 0 unspecified atom stereocenters. The fraction of sp³-hybridized carbons (Fsp3) is 0.321. The summed E-state index contributed by atoms with van der Waals surface area (Å²) in [7, 11) is -3.59. The van der Waals surface area contributed by atoms with Crippen LogP contribution in [-0.2, 0) is 30.0 Å². The second-order valence-corrected chi connectivity index (χ2v) is 13.0. The normalized spacial score (nSPS) is 22.9. The van der Waals surface area contributed by atoms with Crippen molar-refractivity contribution in [2.75, 3.05) is 6.26 Å². The first-order valence-corrected chi connectivity index (χ1v) is 14.5. The first-order valence-electron chi connectivity index (χ1n) is 11.5. The van der Waals surface area contributed by atoms with Gasteiger partial charge in [0.2, 0.25) is 0 Å². The van der Waals surface area contributed by atoms with Crippen LogP contribution in [0.3, 0.4) is 0 Å². The van der Waals surface area contributed by atoms with Crippen molar-refractivity contribution >= 4 is 26.8 Å². The minimum atomic E-state index is -3.58. The van der Waals surface area contributed by atoms with E-state index in [-0.39, 0.29) is 28.0 Å². The molecule has 0 saturated heterocycles. The molecular formula is C28H31O4S2+. The zero-order valence-electron chi connectivity index (χ0n) is 19.8. The topological polar surface area (TPSA) is 60.4 Å². The predicted molar refractivity (Wildman–Crippen MR) is 136 cm³/mol. The lowest BCUT2D eigenvalue weighted by atomic mass is 9.79. The number of rotatable bonds is 5. The monoisotopic (exact) mass is 495 g/mol. The third-order valence-corrected chi connectivity index (χ3v) is 9.84. The summed E-state index contributed by atoms with van der Waals surface area (Å²) < 4.78 is 27.6. The molecule has 0 spiro atoms. The van der Waals surface area contributed by atoms with E-state index in [0.29, 0.717) is 12.8 Å². The average Bonchev–Trinajstić information content (AvgIpc) is 3.15. The van der Waals surface area contributed by atoms with Crippen LogP contribution in [0.15, 0.2) is 106 Å². The molecule has 3 aromatic rings. The van der Waals surface area contributed by atoms with E-state index in [0.717, 1.165) is 12.7 Å². The molecule has 0 heterocycles. The third-order valence-electron chi connectivity index (χ3n) is 7.02. The molecule has 2 bridgehead atoms. The molecule has 2 aliphatic carbocycles. The van der Waals surface area contributed by atoms with Gasteiger partial charge >= 0.3 is 0 Å². The van der Waals surface area contributed by atoms with Crippen LogP contribution in [0.5, 0.6) is 0 Å². The van der Waals surface area contributed by atoms with Crippen LogP contribution in [0.1, 0.15) is 33.1 Å². The fourth-order valence-electron chi connectivity index (χ4n) is 5.17. The van der Waals surface area contributed by atoms with Crippen molar-refractivity contribution in [2.24, 2.45) is 11.3 Å². The maximum atomic E-state index is 11.9. The van der Waals surface area contributed by atoms with Crippen molar-refractivity contribution < 1.29 is 17.4 Å². The largest absolute Gasteiger partial charge is 0.296 e. The lowest BCUT2D eigenvalue weighted by Gasteiger charge is -2.34. The SMILES string of the molecule is CC1(C)[C@@H]2CC[C@@]1(OS(C)(=O)=O)C(=O)C2.c1ccc([S+](c2ccccc2)c2ccccc2)cc1. The van der Waals surface area contributed by atoms with Gasteiger partial charge in [0.1, 0.15) is 0 Å². The Hall–Kier alpha value is -2.41. The van der Waals surface area contributed by atoms with E-state index in [9.17, 15) is 13.2 Å². The van der Waals surface area contributed by atoms with Gasteiger partial charge in [0.05, 0.1) is 17.2 Å². The van der Waals surface area contributed by atoms with Crippen molar-refractivity contribution in [2.45, 2.75) is 53.4 Å². The van der Waals surface area contributed by atoms with E-state index in [2.05, 4.69) is 91.0 Å². The van der Waals surface area contributed by atoms with Crippen molar-refractivity contribution in [3.05, 3.63) is 91.0 Å². The van der Waals surface area contributed by atoms with Gasteiger partial charge < -0.3 is 0 Å². The first kappa shape index (κ1) is 24.7. The number of hydrogen-bond donors (Lipinski definition) is 0. The molecule has 2 atom stereocenters. The van der Waals surface area contributed by atoms with E-state index in [1.165, 1.54) is 14.7 Å². The molecule has 5 rings (SSSR count). The predicted octanol–water partition coefficient (Wildman–Crippen LogP) is 5.89. The Labute approximate surface area is 205 Å². The maximum absolute atomic E-state index is 11.9. The highest BCUT2D eigenvalue weighted by Gasteiger charge is 2.66. The summed E-state index contributed by atoms with van der Waals surface area (Å²) in [5.41, 5.74) is -1.43. The minimum Gasteiger partial charge on any atom is -0.296 e. The van der Waals surface area contributed by atoms with Gasteiger partial charge in [0.25, 0.3) is 10.1 Å². The molecule has 34 heavy (non-hydrogen) atoms. The van der Waals surface area contributed by atoms with E-state index in [4.69, 9.17) is 4.18 Å². The zero-order chi connectivity index (χ0) is 24.4. The van der Waals surface area contributed by atoms with E-state index in [1.54, 1.807) is 0 Å². The third kappa shape index (κ3) is 4.85. The van der Waals surface area contributed by atoms with Gasteiger partial charge in [-0.1, -0.05) is 68.4 Å². The molecule has 3 aromatic carbocycles. The summed E-state index contributed by atoms with van der Waals surface area (Å²) in [4.78, 5) is 15.9. The number of carbonyl (C=O) groups is 1. The zero-order valence-corrected chi connectivity index (χ0v) is 21.4. The van der Waals surface area contributed by atoms with E-state index >= 15 is 0 Å². The number of fused-ring (bicyclic) bond motifs is 2. The average molecular weight is 496 g/mol. The molecule has 0 N–H and O–H groups in total. The van der Waals surface area contributed by atoms with E-state index < -0.39 is 15.7 Å². The van der Waals surface area contributed by atoms with Gasteiger partial charge in [-0.05, 0) is 55.2 Å². The molecule has 4 nitrogen and oxygen atoms in total. The van der Waals surface area contributed by atoms with Gasteiger partial charge in [-0.15, -0.1) is 0 Å². The van der Waals surface area contributed by atoms with Gasteiger partial charge in [0.15, 0.2) is 26.1 Å². The Morgan fingerprint density at radius 3 is 1.50 bits per heavy atom. The van der Waals surface area contributed by atoms with Crippen LogP contribution in [-0.4, -0.2) is 26.1 Å². The van der Waals surface area contributed by atoms with Crippen LogP contribution >= 0.6 is 0 Å². The van der Waals surface area contributed by atoms with Crippen LogP contribution in [0.4, 0.5) is 0 Å². The summed E-state index contributed by atoms with van der Waals surface area (Å²) in [5.74, 6) is 0.223. The highest BCUT2D eigenvalue weighted by atomic mass is 32.2. The van der Waals surface area contributed by atoms with Crippen LogP contribution in [0, 0.1) is 11.3 Å². The van der Waals surface area contributed by atoms with Crippen molar-refractivity contribution in [3.63, 3.8) is 0 Å². The summed E-state index contributed by atoms with van der Waals surface area (Å²) in [5, 5.41) is 0. The highest BCUT2D eigenvalue weighted by Crippen LogP contribution is 2.60. The Balaban J connectivity index is 0.000000166. The molecule has 178 valence electrons. The molecule has 2 aliphatic rings. The molecule has 2 fully saturated rings. The lowest BCUT2D eigenvalue weighted by Crippen LogP contribution is -2.47. The van der Waals surface area contributed by atoms with Gasteiger partial charge in [-0.25, -0.2) is 0 Å². The quantitative estimate of drug-likeness (QED) is 0.327. The molecular weight excluding hydrogens is 464 g/mol. The molecule has 2 saturated carbocycles. The lowest BCUT2D eigenvalue weighted by molar-refractivity contribution is -0.136. The summed E-state index contributed by atoms with van der Waals surface area (Å²) >= 11 is 0. The standard InChI is InChI=1S/C18H15S.C10H16O4S/c1-4-10-16(11-5-1)19(17-12-6-2-7-13-17)18-14-8-3-9-15-18;1-9(2)7-4-5-10(9,8(11)6-7)14-15(3,12)13/h1-15H;7H,4-6H2,1-3H3/q+1;/t;7-,10-/m.1/s1. The number of hydrogen-bond acceptors (Lipinski definition) is 4. The molecule has 0 aliphatic heterocycles. The Kier molecular flexibility index (Phi) is 7.04. The van der Waals surface area contributed by atoms with Crippen LogP contribution in [0.25, 0.3) is 0 Å². The van der Waals surface area contributed by atoms with Gasteiger partial charge in [-0.2, -0.15) is 8.42 Å². The highest BCUT2D eigenvalue weighted by molar-refractivity contribution is 7.97. The molecule has 0 radical (unpaired) electrons. The van der Waals surface area contributed by atoms with Crippen molar-refractivity contribution in [1.82, 2.24) is 0 Å². The van der Waals surface area contributed by atoms with Crippen molar-refractivity contribution in [3.8, 4) is 0 Å². The number of carbonyl (C=O) groups excluding carboxylic acids is 1. The Morgan fingerprint density at radius 1 is 0.794 bits per heavy atom. The minimum absolute atomic E-state index is 0.0146. The molecule has 0 amide bonds. The smallest absolute Gasteiger partial charge is 0.265 e. The fourth-order valence-corrected chi connectivity index (χ4v) is 8.18. The second kappa shape index (κ2) is 9.68. The summed E-state index contributed by atoms with van der Waals surface area (Å²) in [6.07, 6.45) is 2.89. The molecule has 0 aromatic heterocycles. The Bertz CT molecular complexity index is 1130. The molecule has 6 heteroatoms. The first-order chi connectivity index (χ1) is 16.1. The number of ketones is 1. The Morgan fingerprint density at radius 2 is 1.21 bits per heavy atom. The van der Waals surface area contributed by atoms with E-state index in [1.807, 2.05) is 13.8 Å². The van der Waals surface area contributed by atoms with Crippen LogP contribution in [0.2, 0.25) is 0 Å². The van der Waals surface area contributed by atoms with Gasteiger partial charge in [-0.3, -0.25) is 8.98 Å². The summed E-state index contributed by atoms with van der Waals surface area (Å²) in [6, 6.07) is 32.2. The maximum Gasteiger partial charge on any atom is 0.265 e. The van der Waals surface area contributed by atoms with Crippen LogP contribution < -0.4 is 0 Å².